The Morgan fingerprint density at radius 2 is 2.00 bits per heavy atom. The van der Waals surface area contributed by atoms with E-state index in [1.807, 2.05) is 6.07 Å². The van der Waals surface area contributed by atoms with Gasteiger partial charge in [-0.1, -0.05) is 6.07 Å². The standard InChI is InChI=1S/C16H20N2O4S/c1-10(15(20)18-16(21)17-2)22-14(19)9-23-13-7-6-11-4-3-5-12(11)8-13/h6-8,10H,3-5,9H2,1-2H3,(H2,17,18,20,21)/t10-/m0/s1. The molecule has 1 aliphatic carbocycles. The van der Waals surface area contributed by atoms with E-state index in [0.717, 1.165) is 17.7 Å². The zero-order valence-corrected chi connectivity index (χ0v) is 14.0. The monoisotopic (exact) mass is 336 g/mol. The predicted molar refractivity (Wildman–Crippen MR) is 87.3 cm³/mol. The van der Waals surface area contributed by atoms with E-state index < -0.39 is 24.0 Å². The molecule has 0 fully saturated rings. The number of fused-ring (bicyclic) bond motifs is 1. The van der Waals surface area contributed by atoms with Crippen molar-refractivity contribution in [2.24, 2.45) is 0 Å². The molecule has 1 atom stereocenters. The molecule has 0 aromatic heterocycles. The van der Waals surface area contributed by atoms with Crippen molar-refractivity contribution in [3.8, 4) is 0 Å². The molecular formula is C16H20N2O4S. The van der Waals surface area contributed by atoms with Gasteiger partial charge in [0.1, 0.15) is 0 Å². The van der Waals surface area contributed by atoms with Gasteiger partial charge in [0, 0.05) is 11.9 Å². The number of aryl methyl sites for hydroxylation is 2. The second-order valence-corrected chi connectivity index (χ2v) is 6.32. The van der Waals surface area contributed by atoms with Crippen molar-refractivity contribution in [1.29, 1.82) is 0 Å². The summed E-state index contributed by atoms with van der Waals surface area (Å²) in [6, 6.07) is 5.59. The Labute approximate surface area is 139 Å². The quantitative estimate of drug-likeness (QED) is 0.631. The van der Waals surface area contributed by atoms with E-state index in [-0.39, 0.29) is 5.75 Å². The molecule has 2 N–H and O–H groups in total. The minimum absolute atomic E-state index is 0.121. The molecule has 0 heterocycles. The van der Waals surface area contributed by atoms with Gasteiger partial charge in [0.2, 0.25) is 0 Å². The number of nitrogens with one attached hydrogen (secondary N) is 2. The molecule has 0 unspecified atom stereocenters. The molecule has 1 aliphatic rings. The number of imide groups is 1. The summed E-state index contributed by atoms with van der Waals surface area (Å²) in [5.41, 5.74) is 2.73. The number of rotatable bonds is 5. The highest BCUT2D eigenvalue weighted by atomic mass is 32.2. The second kappa shape index (κ2) is 8.01. The van der Waals surface area contributed by atoms with E-state index in [1.54, 1.807) is 0 Å². The molecule has 7 heteroatoms. The van der Waals surface area contributed by atoms with Crippen molar-refractivity contribution in [3.05, 3.63) is 29.3 Å². The molecule has 0 radical (unpaired) electrons. The number of carbonyl (C=O) groups excluding carboxylic acids is 3. The van der Waals surface area contributed by atoms with Crippen molar-refractivity contribution in [2.45, 2.75) is 37.2 Å². The summed E-state index contributed by atoms with van der Waals surface area (Å²) in [6.07, 6.45) is 2.38. The van der Waals surface area contributed by atoms with E-state index >= 15 is 0 Å². The lowest BCUT2D eigenvalue weighted by Crippen LogP contribution is -2.43. The Morgan fingerprint density at radius 3 is 2.74 bits per heavy atom. The highest BCUT2D eigenvalue weighted by Gasteiger charge is 2.19. The van der Waals surface area contributed by atoms with Gasteiger partial charge in [-0.3, -0.25) is 14.9 Å². The minimum atomic E-state index is -1.01. The van der Waals surface area contributed by atoms with Gasteiger partial charge in [0.05, 0.1) is 5.75 Å². The average Bonchev–Trinajstić information content (AvgIpc) is 3.00. The van der Waals surface area contributed by atoms with E-state index in [2.05, 4.69) is 22.8 Å². The number of urea groups is 1. The van der Waals surface area contributed by atoms with Crippen LogP contribution in [-0.4, -0.2) is 36.8 Å². The summed E-state index contributed by atoms with van der Waals surface area (Å²) in [4.78, 5) is 35.4. The van der Waals surface area contributed by atoms with Gasteiger partial charge >= 0.3 is 12.0 Å². The van der Waals surface area contributed by atoms with Gasteiger partial charge in [0.25, 0.3) is 5.91 Å². The molecule has 3 amide bonds. The normalized spacial score (nSPS) is 13.8. The van der Waals surface area contributed by atoms with Crippen molar-refractivity contribution >= 4 is 29.7 Å². The number of hydrogen-bond acceptors (Lipinski definition) is 5. The first-order chi connectivity index (χ1) is 11.0. The Hall–Kier alpha value is -2.02. The fourth-order valence-corrected chi connectivity index (χ4v) is 3.08. The zero-order chi connectivity index (χ0) is 16.8. The number of benzene rings is 1. The van der Waals surface area contributed by atoms with Gasteiger partial charge in [-0.15, -0.1) is 11.8 Å². The molecule has 124 valence electrons. The molecule has 0 saturated heterocycles. The summed E-state index contributed by atoms with van der Waals surface area (Å²) in [6.45, 7) is 1.43. The molecule has 6 nitrogen and oxygen atoms in total. The van der Waals surface area contributed by atoms with Crippen molar-refractivity contribution < 1.29 is 19.1 Å². The highest BCUT2D eigenvalue weighted by molar-refractivity contribution is 8.00. The molecule has 0 bridgehead atoms. The first kappa shape index (κ1) is 17.3. The predicted octanol–water partition coefficient (Wildman–Crippen LogP) is 1.65. The Bertz CT molecular complexity index is 618. The van der Waals surface area contributed by atoms with Crippen molar-refractivity contribution in [3.63, 3.8) is 0 Å². The van der Waals surface area contributed by atoms with E-state index in [0.29, 0.717) is 0 Å². The maximum atomic E-state index is 11.8. The van der Waals surface area contributed by atoms with Crippen LogP contribution in [0.15, 0.2) is 23.1 Å². The minimum Gasteiger partial charge on any atom is -0.452 e. The number of esters is 1. The number of ether oxygens (including phenoxy) is 1. The molecule has 2 rings (SSSR count). The molecule has 0 aliphatic heterocycles. The van der Waals surface area contributed by atoms with Gasteiger partial charge < -0.3 is 10.1 Å². The van der Waals surface area contributed by atoms with E-state index in [4.69, 9.17) is 4.74 Å². The summed E-state index contributed by atoms with van der Waals surface area (Å²) in [7, 11) is 1.40. The lowest BCUT2D eigenvalue weighted by Gasteiger charge is -2.12. The number of carbonyl (C=O) groups is 3. The zero-order valence-electron chi connectivity index (χ0n) is 13.2. The van der Waals surface area contributed by atoms with Crippen LogP contribution >= 0.6 is 11.8 Å². The van der Waals surface area contributed by atoms with E-state index in [1.165, 1.54) is 43.3 Å². The first-order valence-electron chi connectivity index (χ1n) is 7.46. The maximum Gasteiger partial charge on any atom is 0.321 e. The Balaban J connectivity index is 1.78. The molecule has 23 heavy (non-hydrogen) atoms. The fourth-order valence-electron chi connectivity index (χ4n) is 2.34. The maximum absolute atomic E-state index is 11.8. The molecule has 0 spiro atoms. The first-order valence-corrected chi connectivity index (χ1v) is 8.45. The summed E-state index contributed by atoms with van der Waals surface area (Å²) >= 11 is 1.38. The van der Waals surface area contributed by atoms with Crippen molar-refractivity contribution in [1.82, 2.24) is 10.6 Å². The van der Waals surface area contributed by atoms with Crippen LogP contribution in [0.4, 0.5) is 4.79 Å². The number of hydrogen-bond donors (Lipinski definition) is 2. The third-order valence-corrected chi connectivity index (χ3v) is 4.54. The molecule has 1 aromatic rings. The van der Waals surface area contributed by atoms with Crippen LogP contribution in [-0.2, 0) is 27.2 Å². The molecule has 1 aromatic carbocycles. The largest absolute Gasteiger partial charge is 0.452 e. The summed E-state index contributed by atoms with van der Waals surface area (Å²) < 4.78 is 5.02. The van der Waals surface area contributed by atoms with Crippen LogP contribution in [0.1, 0.15) is 24.5 Å². The smallest absolute Gasteiger partial charge is 0.321 e. The fraction of sp³-hybridized carbons (Fsp3) is 0.438. The Morgan fingerprint density at radius 1 is 1.26 bits per heavy atom. The Kier molecular flexibility index (Phi) is 6.04. The second-order valence-electron chi connectivity index (χ2n) is 5.27. The topological polar surface area (TPSA) is 84.5 Å². The highest BCUT2D eigenvalue weighted by Crippen LogP contribution is 2.27. The van der Waals surface area contributed by atoms with Gasteiger partial charge in [-0.2, -0.15) is 0 Å². The molecular weight excluding hydrogens is 316 g/mol. The van der Waals surface area contributed by atoms with Crippen LogP contribution in [0.2, 0.25) is 0 Å². The lowest BCUT2D eigenvalue weighted by molar-refractivity contribution is -0.151. The SMILES string of the molecule is CNC(=O)NC(=O)[C@H](C)OC(=O)CSc1ccc2c(c1)CCC2. The third kappa shape index (κ3) is 4.99. The van der Waals surface area contributed by atoms with Crippen LogP contribution in [0.3, 0.4) is 0 Å². The number of thioether (sulfide) groups is 1. The van der Waals surface area contributed by atoms with Crippen LogP contribution < -0.4 is 10.6 Å². The average molecular weight is 336 g/mol. The number of amides is 3. The summed E-state index contributed by atoms with van der Waals surface area (Å²) in [5, 5.41) is 4.32. The van der Waals surface area contributed by atoms with E-state index in [9.17, 15) is 14.4 Å². The van der Waals surface area contributed by atoms with Crippen molar-refractivity contribution in [2.75, 3.05) is 12.8 Å². The third-order valence-electron chi connectivity index (χ3n) is 3.57. The van der Waals surface area contributed by atoms with Crippen LogP contribution in [0, 0.1) is 0 Å². The van der Waals surface area contributed by atoms with Crippen LogP contribution in [0.5, 0.6) is 0 Å². The summed E-state index contributed by atoms with van der Waals surface area (Å²) in [5.74, 6) is -1.02. The van der Waals surface area contributed by atoms with Crippen LogP contribution in [0.25, 0.3) is 0 Å². The lowest BCUT2D eigenvalue weighted by atomic mass is 10.1. The van der Waals surface area contributed by atoms with Gasteiger partial charge in [0.15, 0.2) is 6.10 Å². The van der Waals surface area contributed by atoms with Gasteiger partial charge in [-0.25, -0.2) is 4.79 Å². The van der Waals surface area contributed by atoms with Gasteiger partial charge in [-0.05, 0) is 49.4 Å². The molecule has 0 saturated carbocycles.